The molecule has 10 heteroatoms. The SMILES string of the molecule is O=C1N[C@H](c2ccccn2)[C@@H](C(=O)c2cccs2)[C@](O)(C(F)(F)F)N1. The highest BCUT2D eigenvalue weighted by molar-refractivity contribution is 7.12. The van der Waals surface area contributed by atoms with E-state index in [-0.39, 0.29) is 10.6 Å². The molecule has 0 saturated carbocycles. The summed E-state index contributed by atoms with van der Waals surface area (Å²) in [4.78, 5) is 28.5. The van der Waals surface area contributed by atoms with E-state index in [9.17, 15) is 27.9 Å². The highest BCUT2D eigenvalue weighted by Crippen LogP contribution is 2.43. The van der Waals surface area contributed by atoms with Crippen LogP contribution in [0.25, 0.3) is 0 Å². The number of amides is 2. The molecule has 0 radical (unpaired) electrons. The lowest BCUT2D eigenvalue weighted by Crippen LogP contribution is -2.72. The third-order valence-corrected chi connectivity index (χ3v) is 4.74. The van der Waals surface area contributed by atoms with Crippen molar-refractivity contribution in [2.75, 3.05) is 0 Å². The number of pyridine rings is 1. The van der Waals surface area contributed by atoms with Gasteiger partial charge < -0.3 is 15.7 Å². The number of hydrogen-bond acceptors (Lipinski definition) is 5. The molecule has 2 aromatic rings. The summed E-state index contributed by atoms with van der Waals surface area (Å²) in [6.45, 7) is 0. The number of nitrogens with zero attached hydrogens (tertiary/aromatic N) is 1. The zero-order valence-corrected chi connectivity index (χ0v) is 13.3. The van der Waals surface area contributed by atoms with E-state index in [4.69, 9.17) is 0 Å². The van der Waals surface area contributed by atoms with Crippen molar-refractivity contribution in [3.05, 3.63) is 52.5 Å². The highest BCUT2D eigenvalue weighted by Gasteiger charge is 2.66. The van der Waals surface area contributed by atoms with Crippen molar-refractivity contribution in [1.82, 2.24) is 15.6 Å². The monoisotopic (exact) mass is 371 g/mol. The van der Waals surface area contributed by atoms with Gasteiger partial charge in [0.25, 0.3) is 0 Å². The van der Waals surface area contributed by atoms with Gasteiger partial charge in [0.1, 0.15) is 5.92 Å². The number of halogens is 3. The molecule has 3 N–H and O–H groups in total. The minimum atomic E-state index is -5.27. The molecule has 1 saturated heterocycles. The molecule has 3 rings (SSSR count). The zero-order chi connectivity index (χ0) is 18.2. The summed E-state index contributed by atoms with van der Waals surface area (Å²) in [5.74, 6) is -2.99. The number of aliphatic hydroxyl groups is 1. The lowest BCUT2D eigenvalue weighted by Gasteiger charge is -2.44. The van der Waals surface area contributed by atoms with Crippen LogP contribution in [0.15, 0.2) is 41.9 Å². The van der Waals surface area contributed by atoms with Crippen LogP contribution in [0.1, 0.15) is 21.4 Å². The Labute approximate surface area is 143 Å². The number of carbonyl (C=O) groups excluding carboxylic acids is 2. The number of thiophene rings is 1. The number of hydrogen-bond donors (Lipinski definition) is 3. The molecule has 1 fully saturated rings. The number of urea groups is 1. The van der Waals surface area contributed by atoms with E-state index in [2.05, 4.69) is 10.3 Å². The molecule has 6 nitrogen and oxygen atoms in total. The maximum atomic E-state index is 13.6. The average Bonchev–Trinajstić information content (AvgIpc) is 3.08. The quantitative estimate of drug-likeness (QED) is 0.722. The number of rotatable bonds is 3. The second-order valence-corrected chi connectivity index (χ2v) is 6.36. The van der Waals surface area contributed by atoms with Gasteiger partial charge in [0.05, 0.1) is 16.6 Å². The molecule has 2 aromatic heterocycles. The lowest BCUT2D eigenvalue weighted by molar-refractivity contribution is -0.287. The number of ketones is 1. The normalized spacial score (nSPS) is 26.6. The van der Waals surface area contributed by atoms with Crippen LogP contribution in [0, 0.1) is 5.92 Å². The van der Waals surface area contributed by atoms with Crippen LogP contribution in [0.2, 0.25) is 0 Å². The smallest absolute Gasteiger partial charge is 0.363 e. The number of nitrogens with one attached hydrogen (secondary N) is 2. The first-order valence-corrected chi connectivity index (χ1v) is 7.98. The summed E-state index contributed by atoms with van der Waals surface area (Å²) in [5, 5.41) is 15.6. The van der Waals surface area contributed by atoms with Gasteiger partial charge >= 0.3 is 12.2 Å². The molecule has 0 spiro atoms. The largest absolute Gasteiger partial charge is 0.437 e. The van der Waals surface area contributed by atoms with Crippen LogP contribution in [-0.2, 0) is 0 Å². The molecule has 0 aromatic carbocycles. The van der Waals surface area contributed by atoms with E-state index < -0.39 is 35.7 Å². The Bertz CT molecular complexity index is 782. The molecule has 3 heterocycles. The van der Waals surface area contributed by atoms with Gasteiger partial charge in [-0.15, -0.1) is 11.3 Å². The minimum Gasteiger partial charge on any atom is -0.363 e. The van der Waals surface area contributed by atoms with Crippen LogP contribution >= 0.6 is 11.3 Å². The molecule has 25 heavy (non-hydrogen) atoms. The van der Waals surface area contributed by atoms with Gasteiger partial charge in [-0.25, -0.2) is 4.79 Å². The molecular weight excluding hydrogens is 359 g/mol. The number of alkyl halides is 3. The summed E-state index contributed by atoms with van der Waals surface area (Å²) < 4.78 is 40.7. The Morgan fingerprint density at radius 3 is 2.60 bits per heavy atom. The predicted octanol–water partition coefficient (Wildman–Crippen LogP) is 2.25. The Kier molecular flexibility index (Phi) is 4.25. The first-order chi connectivity index (χ1) is 11.7. The van der Waals surface area contributed by atoms with Gasteiger partial charge in [0, 0.05) is 6.20 Å². The predicted molar refractivity (Wildman–Crippen MR) is 81.8 cm³/mol. The molecule has 1 aliphatic rings. The summed E-state index contributed by atoms with van der Waals surface area (Å²) in [5.41, 5.74) is -3.69. The fourth-order valence-electron chi connectivity index (χ4n) is 2.72. The van der Waals surface area contributed by atoms with E-state index in [0.717, 1.165) is 11.3 Å². The molecular formula is C15H12F3N3O3S. The summed E-state index contributed by atoms with van der Waals surface area (Å²) in [6.07, 6.45) is -3.95. The van der Waals surface area contributed by atoms with Crippen molar-refractivity contribution in [1.29, 1.82) is 0 Å². The minimum absolute atomic E-state index is 0.0338. The summed E-state index contributed by atoms with van der Waals surface area (Å²) in [7, 11) is 0. The Morgan fingerprint density at radius 1 is 1.28 bits per heavy atom. The highest BCUT2D eigenvalue weighted by atomic mass is 32.1. The van der Waals surface area contributed by atoms with Gasteiger partial charge in [0.2, 0.25) is 5.72 Å². The van der Waals surface area contributed by atoms with Crippen LogP contribution in [-0.4, -0.2) is 33.8 Å². The van der Waals surface area contributed by atoms with Crippen LogP contribution in [0.5, 0.6) is 0 Å². The topological polar surface area (TPSA) is 91.3 Å². The lowest BCUT2D eigenvalue weighted by atomic mass is 9.80. The summed E-state index contributed by atoms with van der Waals surface area (Å²) >= 11 is 0.945. The number of aromatic nitrogens is 1. The molecule has 3 atom stereocenters. The second-order valence-electron chi connectivity index (χ2n) is 5.41. The van der Waals surface area contributed by atoms with Crippen LogP contribution in [0.4, 0.5) is 18.0 Å². The van der Waals surface area contributed by atoms with E-state index in [0.29, 0.717) is 0 Å². The van der Waals surface area contributed by atoms with Crippen molar-refractivity contribution in [2.24, 2.45) is 5.92 Å². The van der Waals surface area contributed by atoms with Crippen LogP contribution in [0.3, 0.4) is 0 Å². The fraction of sp³-hybridized carbons (Fsp3) is 0.267. The van der Waals surface area contributed by atoms with Gasteiger partial charge in [-0.05, 0) is 23.6 Å². The molecule has 0 unspecified atom stereocenters. The molecule has 2 amide bonds. The Morgan fingerprint density at radius 2 is 2.04 bits per heavy atom. The molecule has 0 bridgehead atoms. The number of Topliss-reactive ketones (excluding diaryl/α,β-unsaturated/α-hetero) is 1. The van der Waals surface area contributed by atoms with Gasteiger partial charge in [-0.3, -0.25) is 9.78 Å². The van der Waals surface area contributed by atoms with Crippen molar-refractivity contribution < 1.29 is 27.9 Å². The average molecular weight is 371 g/mol. The molecule has 1 aliphatic heterocycles. The maximum Gasteiger partial charge on any atom is 0.437 e. The van der Waals surface area contributed by atoms with Crippen molar-refractivity contribution in [3.8, 4) is 0 Å². The molecule has 0 aliphatic carbocycles. The van der Waals surface area contributed by atoms with Crippen LogP contribution < -0.4 is 10.6 Å². The van der Waals surface area contributed by atoms with E-state index in [1.165, 1.54) is 41.2 Å². The van der Waals surface area contributed by atoms with Crippen molar-refractivity contribution >= 4 is 23.2 Å². The van der Waals surface area contributed by atoms with Gasteiger partial charge in [-0.2, -0.15) is 13.2 Å². The zero-order valence-electron chi connectivity index (χ0n) is 12.4. The first-order valence-electron chi connectivity index (χ1n) is 7.10. The molecule has 132 valence electrons. The Balaban J connectivity index is 2.15. The van der Waals surface area contributed by atoms with Crippen molar-refractivity contribution in [3.63, 3.8) is 0 Å². The number of carbonyl (C=O) groups is 2. The third-order valence-electron chi connectivity index (χ3n) is 3.86. The maximum absolute atomic E-state index is 13.6. The van der Waals surface area contributed by atoms with E-state index >= 15 is 0 Å². The Hall–Kier alpha value is -2.46. The third kappa shape index (κ3) is 2.98. The van der Waals surface area contributed by atoms with E-state index in [1.54, 1.807) is 6.07 Å². The first kappa shape index (κ1) is 17.4. The second kappa shape index (κ2) is 6.12. The fourth-order valence-corrected chi connectivity index (χ4v) is 3.42. The van der Waals surface area contributed by atoms with Crippen molar-refractivity contribution in [2.45, 2.75) is 17.9 Å². The van der Waals surface area contributed by atoms with E-state index in [1.807, 2.05) is 0 Å². The van der Waals surface area contributed by atoms with Gasteiger partial charge in [0.15, 0.2) is 5.78 Å². The standard InChI is InChI=1S/C15H12F3N3O3S/c16-15(17,18)14(24)10(12(22)9-5-3-7-25-9)11(20-13(23)21-14)8-4-1-2-6-19-8/h1-7,10-11,24H,(H2,20,21,23)/t10-,11+,14-/m0/s1. The summed E-state index contributed by atoms with van der Waals surface area (Å²) in [6, 6.07) is 4.60. The van der Waals surface area contributed by atoms with Gasteiger partial charge in [-0.1, -0.05) is 12.1 Å².